The lowest BCUT2D eigenvalue weighted by molar-refractivity contribution is -0.132. The fourth-order valence-electron chi connectivity index (χ4n) is 2.86. The Labute approximate surface area is 116 Å². The van der Waals surface area contributed by atoms with Gasteiger partial charge >= 0.3 is 0 Å². The number of fused-ring (bicyclic) bond motifs is 1. The van der Waals surface area contributed by atoms with Gasteiger partial charge in [0.1, 0.15) is 0 Å². The van der Waals surface area contributed by atoms with E-state index in [-0.39, 0.29) is 17.6 Å². The monoisotopic (exact) mass is 278 g/mol. The van der Waals surface area contributed by atoms with Crippen LogP contribution in [0, 0.1) is 5.92 Å². The highest BCUT2D eigenvalue weighted by Gasteiger charge is 2.31. The van der Waals surface area contributed by atoms with E-state index in [0.29, 0.717) is 6.42 Å². The van der Waals surface area contributed by atoms with Crippen LogP contribution in [0.1, 0.15) is 28.1 Å². The van der Waals surface area contributed by atoms with Crippen LogP contribution in [0.25, 0.3) is 0 Å². The highest BCUT2D eigenvalue weighted by atomic mass is 32.1. The van der Waals surface area contributed by atoms with Crippen LogP contribution in [-0.4, -0.2) is 42.8 Å². The lowest BCUT2D eigenvalue weighted by atomic mass is 9.85. The van der Waals surface area contributed by atoms with Crippen molar-refractivity contribution in [3.63, 3.8) is 0 Å². The summed E-state index contributed by atoms with van der Waals surface area (Å²) in [5.41, 5.74) is 0.856. The van der Waals surface area contributed by atoms with E-state index in [1.807, 2.05) is 16.3 Å². The van der Waals surface area contributed by atoms with Crippen molar-refractivity contribution in [2.24, 2.45) is 5.92 Å². The molecule has 1 amide bonds. The van der Waals surface area contributed by atoms with Crippen LogP contribution in [0.3, 0.4) is 0 Å². The zero-order valence-corrected chi connectivity index (χ0v) is 11.7. The van der Waals surface area contributed by atoms with Crippen LogP contribution < -0.4 is 5.32 Å². The van der Waals surface area contributed by atoms with Crippen LogP contribution in [0.4, 0.5) is 0 Å². The third-order valence-corrected chi connectivity index (χ3v) is 4.97. The predicted octanol–water partition coefficient (Wildman–Crippen LogP) is 1.32. The second kappa shape index (κ2) is 5.43. The maximum absolute atomic E-state index is 12.3. The topological polar surface area (TPSA) is 49.4 Å². The molecule has 0 radical (unpaired) electrons. The molecule has 0 bridgehead atoms. The summed E-state index contributed by atoms with van der Waals surface area (Å²) in [7, 11) is 0. The Morgan fingerprint density at radius 3 is 3.00 bits per heavy atom. The van der Waals surface area contributed by atoms with Gasteiger partial charge in [-0.2, -0.15) is 0 Å². The summed E-state index contributed by atoms with van der Waals surface area (Å²) in [4.78, 5) is 27.6. The second-order valence-corrected chi connectivity index (χ2v) is 6.19. The molecule has 1 atom stereocenters. The molecule has 1 aromatic rings. The Balaban J connectivity index is 1.64. The maximum atomic E-state index is 12.3. The number of thiophene rings is 1. The number of amides is 1. The molecule has 4 nitrogen and oxygen atoms in total. The van der Waals surface area contributed by atoms with Gasteiger partial charge < -0.3 is 10.2 Å². The first kappa shape index (κ1) is 12.8. The SMILES string of the molecule is O=C1c2ccsc2CCC1CC(=O)N1CCNCC1. The first-order chi connectivity index (χ1) is 9.25. The Morgan fingerprint density at radius 2 is 2.21 bits per heavy atom. The Bertz CT molecular complexity index is 491. The Hall–Kier alpha value is -1.20. The molecule has 0 saturated carbocycles. The van der Waals surface area contributed by atoms with Crippen molar-refractivity contribution in [1.29, 1.82) is 0 Å². The van der Waals surface area contributed by atoms with Crippen molar-refractivity contribution in [2.75, 3.05) is 26.2 Å². The second-order valence-electron chi connectivity index (χ2n) is 5.19. The van der Waals surface area contributed by atoms with Crippen LogP contribution in [0.5, 0.6) is 0 Å². The Kier molecular flexibility index (Phi) is 3.66. The van der Waals surface area contributed by atoms with Crippen molar-refractivity contribution < 1.29 is 9.59 Å². The van der Waals surface area contributed by atoms with E-state index in [2.05, 4.69) is 5.32 Å². The third kappa shape index (κ3) is 2.58. The number of rotatable bonds is 2. The van der Waals surface area contributed by atoms with E-state index < -0.39 is 0 Å². The van der Waals surface area contributed by atoms with Crippen molar-refractivity contribution in [3.05, 3.63) is 21.9 Å². The van der Waals surface area contributed by atoms with E-state index in [4.69, 9.17) is 0 Å². The number of nitrogens with one attached hydrogen (secondary N) is 1. The smallest absolute Gasteiger partial charge is 0.223 e. The molecule has 102 valence electrons. The summed E-state index contributed by atoms with van der Waals surface area (Å²) < 4.78 is 0. The van der Waals surface area contributed by atoms with Gasteiger partial charge in [0.25, 0.3) is 0 Å². The van der Waals surface area contributed by atoms with Gasteiger partial charge in [0.05, 0.1) is 0 Å². The van der Waals surface area contributed by atoms with Crippen LogP contribution in [0.15, 0.2) is 11.4 Å². The van der Waals surface area contributed by atoms with E-state index in [1.165, 1.54) is 4.88 Å². The van der Waals surface area contributed by atoms with Gasteiger partial charge in [-0.05, 0) is 24.3 Å². The molecule has 1 aliphatic carbocycles. The molecule has 1 fully saturated rings. The molecule has 1 aliphatic heterocycles. The molecule has 5 heteroatoms. The largest absolute Gasteiger partial charge is 0.340 e. The average Bonchev–Trinajstić information content (AvgIpc) is 2.92. The first-order valence-corrected chi connectivity index (χ1v) is 7.73. The summed E-state index contributed by atoms with van der Waals surface area (Å²) in [6.45, 7) is 3.25. The van der Waals surface area contributed by atoms with E-state index >= 15 is 0 Å². The fraction of sp³-hybridized carbons (Fsp3) is 0.571. The normalized spacial score (nSPS) is 23.3. The van der Waals surface area contributed by atoms with Crippen LogP contribution in [0.2, 0.25) is 0 Å². The quantitative estimate of drug-likeness (QED) is 0.887. The Morgan fingerprint density at radius 1 is 1.42 bits per heavy atom. The third-order valence-electron chi connectivity index (χ3n) is 3.99. The van der Waals surface area contributed by atoms with Crippen LogP contribution >= 0.6 is 11.3 Å². The molecule has 1 saturated heterocycles. The number of hydrogen-bond donors (Lipinski definition) is 1. The van der Waals surface area contributed by atoms with Gasteiger partial charge in [-0.25, -0.2) is 0 Å². The number of piperazine rings is 1. The van der Waals surface area contributed by atoms with Crippen molar-refractivity contribution in [3.8, 4) is 0 Å². The predicted molar refractivity (Wildman–Crippen MR) is 74.5 cm³/mol. The standard InChI is InChI=1S/C14H18N2O2S/c17-13(16-6-4-15-5-7-16)9-10-1-2-12-11(14(10)18)3-8-19-12/h3,8,10,15H,1-2,4-7,9H2. The molecular formula is C14H18N2O2S. The maximum Gasteiger partial charge on any atom is 0.223 e. The van der Waals surface area contributed by atoms with Gasteiger partial charge in [0, 0.05) is 49.0 Å². The minimum absolute atomic E-state index is 0.107. The van der Waals surface area contributed by atoms with E-state index in [1.54, 1.807) is 11.3 Å². The molecule has 2 heterocycles. The fourth-order valence-corrected chi connectivity index (χ4v) is 3.76. The summed E-state index contributed by atoms with van der Waals surface area (Å²) in [6.07, 6.45) is 2.15. The number of aryl methyl sites for hydroxylation is 1. The van der Waals surface area contributed by atoms with Crippen molar-refractivity contribution in [2.45, 2.75) is 19.3 Å². The number of carbonyl (C=O) groups excluding carboxylic acids is 2. The summed E-state index contributed by atoms with van der Waals surface area (Å²) in [5.74, 6) is 0.203. The number of carbonyl (C=O) groups is 2. The molecule has 1 aromatic heterocycles. The van der Waals surface area contributed by atoms with Crippen molar-refractivity contribution >= 4 is 23.0 Å². The van der Waals surface area contributed by atoms with Gasteiger partial charge in [0.15, 0.2) is 5.78 Å². The lowest BCUT2D eigenvalue weighted by Crippen LogP contribution is -2.47. The van der Waals surface area contributed by atoms with Gasteiger partial charge in [-0.15, -0.1) is 11.3 Å². The molecule has 0 aromatic carbocycles. The van der Waals surface area contributed by atoms with Crippen LogP contribution in [-0.2, 0) is 11.2 Å². The minimum atomic E-state index is -0.107. The van der Waals surface area contributed by atoms with Gasteiger partial charge in [0.2, 0.25) is 5.91 Å². The molecular weight excluding hydrogens is 260 g/mol. The summed E-state index contributed by atoms with van der Waals surface area (Å²) >= 11 is 1.65. The van der Waals surface area contributed by atoms with Crippen molar-refractivity contribution in [1.82, 2.24) is 10.2 Å². The average molecular weight is 278 g/mol. The number of Topliss-reactive ketones (excluding diaryl/α,β-unsaturated/α-hetero) is 1. The summed E-state index contributed by atoms with van der Waals surface area (Å²) in [6, 6.07) is 1.91. The molecule has 1 N–H and O–H groups in total. The molecule has 2 aliphatic rings. The van der Waals surface area contributed by atoms with Gasteiger partial charge in [-0.1, -0.05) is 0 Å². The first-order valence-electron chi connectivity index (χ1n) is 6.85. The van der Waals surface area contributed by atoms with E-state index in [9.17, 15) is 9.59 Å². The summed E-state index contributed by atoms with van der Waals surface area (Å²) in [5, 5.41) is 5.21. The number of nitrogens with zero attached hydrogens (tertiary/aromatic N) is 1. The number of ketones is 1. The highest BCUT2D eigenvalue weighted by Crippen LogP contribution is 2.31. The highest BCUT2D eigenvalue weighted by molar-refractivity contribution is 7.10. The zero-order chi connectivity index (χ0) is 13.2. The zero-order valence-electron chi connectivity index (χ0n) is 10.9. The molecule has 0 spiro atoms. The van der Waals surface area contributed by atoms with Gasteiger partial charge in [-0.3, -0.25) is 9.59 Å². The number of hydrogen-bond acceptors (Lipinski definition) is 4. The lowest BCUT2D eigenvalue weighted by Gasteiger charge is -2.29. The molecule has 19 heavy (non-hydrogen) atoms. The molecule has 3 rings (SSSR count). The van der Waals surface area contributed by atoms with E-state index in [0.717, 1.165) is 44.6 Å². The minimum Gasteiger partial charge on any atom is -0.340 e. The molecule has 1 unspecified atom stereocenters.